The van der Waals surface area contributed by atoms with Gasteiger partial charge in [-0.3, -0.25) is 0 Å². The zero-order valence-electron chi connectivity index (χ0n) is 7.23. The van der Waals surface area contributed by atoms with Crippen LogP contribution in [-0.2, 0) is 0 Å². The number of rotatable bonds is 2. The van der Waals surface area contributed by atoms with E-state index in [1.54, 1.807) is 6.92 Å². The highest BCUT2D eigenvalue weighted by Crippen LogP contribution is 2.35. The van der Waals surface area contributed by atoms with Crippen molar-refractivity contribution in [3.63, 3.8) is 0 Å². The van der Waals surface area contributed by atoms with Crippen LogP contribution in [0.25, 0.3) is 0 Å². The third-order valence-electron chi connectivity index (χ3n) is 1.87. The van der Waals surface area contributed by atoms with Crippen LogP contribution in [0.5, 0.6) is 17.2 Å². The Morgan fingerprint density at radius 3 is 2.15 bits per heavy atom. The van der Waals surface area contributed by atoms with Gasteiger partial charge in [-0.05, 0) is 12.5 Å². The lowest BCUT2D eigenvalue weighted by Crippen LogP contribution is -1.95. The fraction of sp³-hybridized carbons (Fsp3) is 0.333. The molecule has 0 aliphatic rings. The van der Waals surface area contributed by atoms with Gasteiger partial charge in [0.05, 0.1) is 6.10 Å². The van der Waals surface area contributed by atoms with E-state index in [2.05, 4.69) is 0 Å². The third-order valence-corrected chi connectivity index (χ3v) is 1.87. The van der Waals surface area contributed by atoms with Crippen molar-refractivity contribution in [2.75, 3.05) is 0 Å². The zero-order chi connectivity index (χ0) is 10.0. The van der Waals surface area contributed by atoms with Gasteiger partial charge < -0.3 is 20.4 Å². The van der Waals surface area contributed by atoms with Gasteiger partial charge in [0.15, 0.2) is 11.5 Å². The molecule has 4 nitrogen and oxygen atoms in total. The minimum atomic E-state index is -0.827. The van der Waals surface area contributed by atoms with Crippen LogP contribution in [0.4, 0.5) is 0 Å². The van der Waals surface area contributed by atoms with Crippen molar-refractivity contribution in [1.82, 2.24) is 0 Å². The number of aliphatic hydroxyl groups excluding tert-OH is 1. The first-order valence-corrected chi connectivity index (χ1v) is 3.99. The number of hydrogen-bond donors (Lipinski definition) is 4. The monoisotopic (exact) mass is 184 g/mol. The smallest absolute Gasteiger partial charge is 0.161 e. The van der Waals surface area contributed by atoms with E-state index >= 15 is 0 Å². The molecule has 0 aliphatic heterocycles. The van der Waals surface area contributed by atoms with Crippen LogP contribution in [0.3, 0.4) is 0 Å². The van der Waals surface area contributed by atoms with E-state index in [-0.39, 0.29) is 17.1 Å². The molecule has 0 saturated heterocycles. The molecule has 0 bridgehead atoms. The van der Waals surface area contributed by atoms with Gasteiger partial charge in [0, 0.05) is 11.6 Å². The van der Waals surface area contributed by atoms with E-state index in [9.17, 15) is 10.2 Å². The minimum Gasteiger partial charge on any atom is -0.507 e. The molecule has 0 amide bonds. The van der Waals surface area contributed by atoms with E-state index in [4.69, 9.17) is 10.2 Å². The molecule has 1 rings (SSSR count). The molecule has 0 saturated carbocycles. The summed E-state index contributed by atoms with van der Waals surface area (Å²) in [5.74, 6) is -0.963. The first kappa shape index (κ1) is 9.67. The van der Waals surface area contributed by atoms with Crippen LogP contribution in [0, 0.1) is 0 Å². The summed E-state index contributed by atoms with van der Waals surface area (Å²) in [6, 6.07) is 2.16. The number of benzene rings is 1. The summed E-state index contributed by atoms with van der Waals surface area (Å²) >= 11 is 0. The summed E-state index contributed by atoms with van der Waals surface area (Å²) in [6.45, 7) is 1.74. The van der Waals surface area contributed by atoms with Crippen LogP contribution < -0.4 is 0 Å². The van der Waals surface area contributed by atoms with Crippen LogP contribution in [-0.4, -0.2) is 20.4 Å². The maximum absolute atomic E-state index is 9.37. The Morgan fingerprint density at radius 1 is 1.08 bits per heavy atom. The fourth-order valence-corrected chi connectivity index (χ4v) is 1.07. The van der Waals surface area contributed by atoms with Gasteiger partial charge >= 0.3 is 0 Å². The summed E-state index contributed by atoms with van der Waals surface area (Å²) in [6.07, 6.45) is -0.399. The quantitative estimate of drug-likeness (QED) is 0.412. The molecule has 0 heterocycles. The lowest BCUT2D eigenvalue weighted by molar-refractivity contribution is 0.169. The van der Waals surface area contributed by atoms with Gasteiger partial charge in [-0.25, -0.2) is 0 Å². The zero-order valence-corrected chi connectivity index (χ0v) is 7.23. The van der Waals surface area contributed by atoms with Crippen LogP contribution in [0.2, 0.25) is 0 Å². The summed E-state index contributed by atoms with van der Waals surface area (Å²) in [7, 11) is 0. The largest absolute Gasteiger partial charge is 0.507 e. The molecule has 0 fully saturated rings. The van der Waals surface area contributed by atoms with Crippen molar-refractivity contribution in [3.05, 3.63) is 17.7 Å². The molecule has 0 radical (unpaired) electrons. The van der Waals surface area contributed by atoms with Crippen molar-refractivity contribution in [3.8, 4) is 17.2 Å². The van der Waals surface area contributed by atoms with E-state index < -0.39 is 11.9 Å². The summed E-state index contributed by atoms with van der Waals surface area (Å²) in [5.41, 5.74) is 0.220. The Hall–Kier alpha value is -1.42. The van der Waals surface area contributed by atoms with Crippen LogP contribution in [0.1, 0.15) is 25.0 Å². The second kappa shape index (κ2) is 3.53. The average Bonchev–Trinajstić information content (AvgIpc) is 2.10. The van der Waals surface area contributed by atoms with E-state index in [1.165, 1.54) is 0 Å². The van der Waals surface area contributed by atoms with Crippen molar-refractivity contribution in [2.45, 2.75) is 19.4 Å². The maximum atomic E-state index is 9.37. The van der Waals surface area contributed by atoms with Gasteiger partial charge in [0.1, 0.15) is 5.75 Å². The summed E-state index contributed by atoms with van der Waals surface area (Å²) in [4.78, 5) is 0. The maximum Gasteiger partial charge on any atom is 0.161 e. The summed E-state index contributed by atoms with van der Waals surface area (Å²) < 4.78 is 0. The fourth-order valence-electron chi connectivity index (χ4n) is 1.07. The Kier molecular flexibility index (Phi) is 2.63. The normalized spacial score (nSPS) is 12.8. The Bertz CT molecular complexity index is 309. The number of aliphatic hydroxyl groups is 1. The number of phenolic OH excluding ortho intramolecular Hbond substituents is 3. The Labute approximate surface area is 75.7 Å². The van der Waals surface area contributed by atoms with Gasteiger partial charge in [-0.15, -0.1) is 0 Å². The summed E-state index contributed by atoms with van der Waals surface area (Å²) in [5, 5.41) is 36.7. The Morgan fingerprint density at radius 2 is 1.62 bits per heavy atom. The average molecular weight is 184 g/mol. The SMILES string of the molecule is CCC(O)c1cc(O)c(O)cc1O. The first-order chi connectivity index (χ1) is 6.06. The number of hydrogen-bond acceptors (Lipinski definition) is 4. The molecule has 0 aromatic heterocycles. The van der Waals surface area contributed by atoms with Gasteiger partial charge in [0.25, 0.3) is 0 Å². The van der Waals surface area contributed by atoms with Gasteiger partial charge in [-0.2, -0.15) is 0 Å². The molecular formula is C9H12O4. The predicted molar refractivity (Wildman–Crippen MR) is 46.7 cm³/mol. The van der Waals surface area contributed by atoms with Crippen molar-refractivity contribution in [1.29, 1.82) is 0 Å². The standard InChI is InChI=1S/C9H12O4/c1-2-6(10)5-3-8(12)9(13)4-7(5)11/h3-4,6,10-13H,2H2,1H3. The highest BCUT2D eigenvalue weighted by atomic mass is 16.3. The first-order valence-electron chi connectivity index (χ1n) is 3.99. The van der Waals surface area contributed by atoms with Gasteiger partial charge in [-0.1, -0.05) is 6.92 Å². The predicted octanol–water partition coefficient (Wildman–Crippen LogP) is 1.25. The highest BCUT2D eigenvalue weighted by Gasteiger charge is 2.13. The van der Waals surface area contributed by atoms with Crippen molar-refractivity contribution in [2.24, 2.45) is 0 Å². The van der Waals surface area contributed by atoms with Crippen LogP contribution in [0.15, 0.2) is 12.1 Å². The van der Waals surface area contributed by atoms with Crippen LogP contribution >= 0.6 is 0 Å². The molecule has 4 heteroatoms. The Balaban J connectivity index is 3.15. The molecule has 0 aliphatic carbocycles. The molecule has 1 atom stereocenters. The highest BCUT2D eigenvalue weighted by molar-refractivity contribution is 5.49. The molecular weight excluding hydrogens is 172 g/mol. The lowest BCUT2D eigenvalue weighted by Gasteiger charge is -2.11. The minimum absolute atomic E-state index is 0.218. The lowest BCUT2D eigenvalue weighted by atomic mass is 10.1. The molecule has 4 N–H and O–H groups in total. The topological polar surface area (TPSA) is 80.9 Å². The molecule has 0 spiro atoms. The van der Waals surface area contributed by atoms with E-state index in [0.29, 0.717) is 6.42 Å². The third kappa shape index (κ3) is 1.84. The second-order valence-corrected chi connectivity index (χ2v) is 2.82. The van der Waals surface area contributed by atoms with Gasteiger partial charge in [0.2, 0.25) is 0 Å². The second-order valence-electron chi connectivity index (χ2n) is 2.82. The van der Waals surface area contributed by atoms with Crippen molar-refractivity contribution >= 4 is 0 Å². The number of aromatic hydroxyl groups is 3. The van der Waals surface area contributed by atoms with E-state index in [0.717, 1.165) is 12.1 Å². The molecule has 13 heavy (non-hydrogen) atoms. The molecule has 1 aromatic carbocycles. The van der Waals surface area contributed by atoms with E-state index in [1.807, 2.05) is 0 Å². The number of phenols is 3. The molecule has 1 aromatic rings. The molecule has 72 valence electrons. The molecule has 1 unspecified atom stereocenters. The van der Waals surface area contributed by atoms with Crippen molar-refractivity contribution < 1.29 is 20.4 Å².